The third kappa shape index (κ3) is 3.60. The third-order valence-electron chi connectivity index (χ3n) is 0.980. The fourth-order valence-electron chi connectivity index (χ4n) is 0.536. The summed E-state index contributed by atoms with van der Waals surface area (Å²) in [6.07, 6.45) is 1.81. The molecule has 1 rings (SSSR count). The van der Waals surface area contributed by atoms with Crippen LogP contribution in [0.15, 0.2) is 30.8 Å². The van der Waals surface area contributed by atoms with E-state index >= 15 is 0 Å². The van der Waals surface area contributed by atoms with Crippen LogP contribution in [-0.2, 0) is 21.1 Å². The van der Waals surface area contributed by atoms with E-state index in [-0.39, 0.29) is 26.5 Å². The van der Waals surface area contributed by atoms with Gasteiger partial charge in [0.05, 0.1) is 0 Å². The van der Waals surface area contributed by atoms with Crippen molar-refractivity contribution in [2.75, 3.05) is 0 Å². The first-order valence-corrected chi connectivity index (χ1v) is 2.52. The van der Waals surface area contributed by atoms with Gasteiger partial charge in [-0.05, 0) is 0 Å². The van der Waals surface area contributed by atoms with E-state index in [9.17, 15) is 0 Å². The zero-order valence-electron chi connectivity index (χ0n) is 5.50. The van der Waals surface area contributed by atoms with E-state index in [1.807, 2.05) is 30.3 Å². The van der Waals surface area contributed by atoms with Crippen LogP contribution in [0.4, 0.5) is 0 Å². The van der Waals surface area contributed by atoms with E-state index in [2.05, 4.69) is 12.6 Å². The number of hydrogen-bond donors (Lipinski definition) is 0. The molecule has 54 valence electrons. The van der Waals surface area contributed by atoms with Crippen molar-refractivity contribution in [2.45, 2.75) is 0 Å². The maximum atomic E-state index is 3.62. The fraction of sp³-hybridized carbons (Fsp3) is 0. The molecule has 0 saturated heterocycles. The van der Waals surface area contributed by atoms with E-state index in [0.717, 1.165) is 5.56 Å². The van der Waals surface area contributed by atoms with Gasteiger partial charge in [0, 0.05) is 21.1 Å². The molecule has 0 radical (unpaired) electrons. The number of rotatable bonds is 1. The molecule has 2 N–H and O–H groups in total. The van der Waals surface area contributed by atoms with Gasteiger partial charge in [-0.2, -0.15) is 30.3 Å². The Bertz CT molecular complexity index is 172. The molecule has 1 aromatic rings. The first-order chi connectivity index (χ1) is 3.93. The molecule has 0 amide bonds. The second-order valence-corrected chi connectivity index (χ2v) is 1.54. The molecular weight excluding hydrogens is 296 g/mol. The molecule has 0 saturated carbocycles. The van der Waals surface area contributed by atoms with Gasteiger partial charge in [0.1, 0.15) is 0 Å². The molecule has 0 unspecified atom stereocenters. The van der Waals surface area contributed by atoms with Crippen LogP contribution in [0.3, 0.4) is 0 Å². The van der Waals surface area contributed by atoms with E-state index in [1.54, 1.807) is 0 Å². The van der Waals surface area contributed by atoms with Crippen LogP contribution in [0.2, 0.25) is 0 Å². The maximum absolute atomic E-state index is 3.62. The summed E-state index contributed by atoms with van der Waals surface area (Å²) in [5.74, 6) is 0. The summed E-state index contributed by atoms with van der Waals surface area (Å²) >= 11 is 0. The van der Waals surface area contributed by atoms with Crippen LogP contribution in [-0.4, -0.2) is 5.48 Å². The smallest absolute Gasteiger partial charge is 0 e. The van der Waals surface area contributed by atoms with Crippen molar-refractivity contribution >= 4 is 6.08 Å². The van der Waals surface area contributed by atoms with Crippen molar-refractivity contribution in [3.05, 3.63) is 42.5 Å². The molecule has 10 heavy (non-hydrogen) atoms. The average molecular weight is 305 g/mol. The Morgan fingerprint density at radius 2 is 1.80 bits per heavy atom. The molecule has 0 fully saturated rings. The summed E-state index contributed by atoms with van der Waals surface area (Å²) in [4.78, 5) is 0. The van der Waals surface area contributed by atoms with Gasteiger partial charge < -0.3 is 5.48 Å². The summed E-state index contributed by atoms with van der Waals surface area (Å²) in [5.41, 5.74) is 1.14. The molecular formula is C8H9OW-. The first-order valence-electron chi connectivity index (χ1n) is 2.52. The van der Waals surface area contributed by atoms with Crippen LogP contribution in [0.1, 0.15) is 5.56 Å². The van der Waals surface area contributed by atoms with Crippen LogP contribution >= 0.6 is 0 Å². The third-order valence-corrected chi connectivity index (χ3v) is 0.980. The first kappa shape index (κ1) is 12.3. The summed E-state index contributed by atoms with van der Waals surface area (Å²) in [6.45, 7) is 3.62. The molecule has 1 nitrogen and oxygen atoms in total. The van der Waals surface area contributed by atoms with Crippen molar-refractivity contribution in [3.8, 4) is 0 Å². The topological polar surface area (TPSA) is 31.5 Å². The zero-order valence-corrected chi connectivity index (χ0v) is 8.44. The Hall–Kier alpha value is -0.392. The Kier molecular flexibility index (Phi) is 8.27. The number of hydrogen-bond acceptors (Lipinski definition) is 0. The predicted molar refractivity (Wildman–Crippen MR) is 39.0 cm³/mol. The van der Waals surface area contributed by atoms with Crippen molar-refractivity contribution in [1.82, 2.24) is 0 Å². The summed E-state index contributed by atoms with van der Waals surface area (Å²) in [5, 5.41) is 0. The van der Waals surface area contributed by atoms with Crippen LogP contribution in [0, 0.1) is 6.07 Å². The fourth-order valence-corrected chi connectivity index (χ4v) is 0.536. The predicted octanol–water partition coefficient (Wildman–Crippen LogP) is 1.30. The Morgan fingerprint density at radius 3 is 2.10 bits per heavy atom. The Morgan fingerprint density at radius 1 is 1.30 bits per heavy atom. The van der Waals surface area contributed by atoms with Crippen molar-refractivity contribution in [3.63, 3.8) is 0 Å². The summed E-state index contributed by atoms with van der Waals surface area (Å²) in [7, 11) is 0. The molecule has 0 atom stereocenters. The van der Waals surface area contributed by atoms with Crippen molar-refractivity contribution < 1.29 is 26.5 Å². The molecule has 1 aromatic carbocycles. The van der Waals surface area contributed by atoms with Gasteiger partial charge in [-0.25, -0.2) is 0 Å². The van der Waals surface area contributed by atoms with Gasteiger partial charge >= 0.3 is 0 Å². The van der Waals surface area contributed by atoms with Gasteiger partial charge in [-0.3, -0.25) is 0 Å². The molecule has 0 aliphatic heterocycles. The van der Waals surface area contributed by atoms with E-state index in [4.69, 9.17) is 0 Å². The van der Waals surface area contributed by atoms with Gasteiger partial charge in [-0.15, -0.1) is 12.1 Å². The van der Waals surface area contributed by atoms with Gasteiger partial charge in [0.25, 0.3) is 0 Å². The van der Waals surface area contributed by atoms with Crippen molar-refractivity contribution in [2.24, 2.45) is 0 Å². The van der Waals surface area contributed by atoms with Crippen LogP contribution in [0.25, 0.3) is 6.08 Å². The molecule has 0 aliphatic rings. The minimum Gasteiger partial charge on any atom is -0.412 e. The molecule has 0 bridgehead atoms. The second-order valence-electron chi connectivity index (χ2n) is 1.54. The minimum atomic E-state index is 0. The second kappa shape index (κ2) is 6.72. The average Bonchev–Trinajstić information content (AvgIpc) is 1.90. The summed E-state index contributed by atoms with van der Waals surface area (Å²) in [6, 6.07) is 10.6. The van der Waals surface area contributed by atoms with E-state index < -0.39 is 0 Å². The largest absolute Gasteiger partial charge is 0.412 e. The summed E-state index contributed by atoms with van der Waals surface area (Å²) < 4.78 is 0. The van der Waals surface area contributed by atoms with Gasteiger partial charge in [0.15, 0.2) is 0 Å². The molecule has 2 heteroatoms. The monoisotopic (exact) mass is 305 g/mol. The Labute approximate surface area is 75.3 Å². The standard InChI is InChI=1S/C8H7.H2O.W/c1-2-8-6-4-3-5-7-8;;/h2,4-7H,1H2;1H2;/q-1;;. The minimum absolute atomic E-state index is 0. The molecule has 0 heterocycles. The SMILES string of the molecule is C=Cc1cc[c-]cc1.O.[W]. The van der Waals surface area contributed by atoms with Gasteiger partial charge in [-0.1, -0.05) is 6.08 Å². The zero-order chi connectivity index (χ0) is 5.82. The molecule has 0 aromatic heterocycles. The number of benzene rings is 1. The van der Waals surface area contributed by atoms with E-state index in [1.165, 1.54) is 0 Å². The maximum Gasteiger partial charge on any atom is 0 e. The normalized spacial score (nSPS) is 6.80. The van der Waals surface area contributed by atoms with E-state index in [0.29, 0.717) is 0 Å². The van der Waals surface area contributed by atoms with Gasteiger partial charge in [0.2, 0.25) is 0 Å². The molecule has 0 aliphatic carbocycles. The van der Waals surface area contributed by atoms with Crippen LogP contribution in [0.5, 0.6) is 0 Å². The van der Waals surface area contributed by atoms with Crippen LogP contribution < -0.4 is 0 Å². The quantitative estimate of drug-likeness (QED) is 0.701. The van der Waals surface area contributed by atoms with Crippen molar-refractivity contribution in [1.29, 1.82) is 0 Å². The molecule has 0 spiro atoms. The Balaban J connectivity index is 0.